The van der Waals surface area contributed by atoms with E-state index in [0.717, 1.165) is 17.0 Å². The van der Waals surface area contributed by atoms with Gasteiger partial charge in [-0.05, 0) is 18.2 Å². The number of benzene rings is 1. The van der Waals surface area contributed by atoms with Gasteiger partial charge in [0, 0.05) is 45.3 Å². The molecule has 20 heavy (non-hydrogen) atoms. The summed E-state index contributed by atoms with van der Waals surface area (Å²) >= 11 is 0. The van der Waals surface area contributed by atoms with Crippen LogP contribution in [0.2, 0.25) is 0 Å². The summed E-state index contributed by atoms with van der Waals surface area (Å²) in [5, 5.41) is 10.5. The molecule has 0 radical (unpaired) electrons. The molecular formula is C14H20N4O2. The van der Waals surface area contributed by atoms with Crippen LogP contribution in [-0.4, -0.2) is 47.5 Å². The quantitative estimate of drug-likeness (QED) is 0.731. The number of hydrogen-bond donors (Lipinski definition) is 3. The van der Waals surface area contributed by atoms with Crippen molar-refractivity contribution < 1.29 is 9.84 Å². The normalized spacial score (nSPS) is 18.3. The van der Waals surface area contributed by atoms with Crippen molar-refractivity contribution in [2.75, 3.05) is 37.4 Å². The summed E-state index contributed by atoms with van der Waals surface area (Å²) in [6.07, 6.45) is 1.31. The highest BCUT2D eigenvalue weighted by molar-refractivity contribution is 5.80. The van der Waals surface area contributed by atoms with E-state index in [0.29, 0.717) is 38.3 Å². The Morgan fingerprint density at radius 2 is 2.20 bits per heavy atom. The molecule has 1 aromatic carbocycles. The number of likely N-dealkylation sites (N-methyl/N-ethyl adjacent to an activating group) is 1. The van der Waals surface area contributed by atoms with Gasteiger partial charge in [-0.25, -0.2) is 4.98 Å². The molecule has 1 fully saturated rings. The predicted octanol–water partition coefficient (Wildman–Crippen LogP) is 1.12. The Kier molecular flexibility index (Phi) is 3.27. The second kappa shape index (κ2) is 4.96. The lowest BCUT2D eigenvalue weighted by atomic mass is 9.94. The number of nitrogen functional groups attached to an aromatic ring is 1. The molecule has 2 aromatic rings. The molecule has 108 valence electrons. The Bertz CT molecular complexity index is 604. The minimum Gasteiger partial charge on any atom is -0.399 e. The molecule has 1 aliphatic heterocycles. The Hall–Kier alpha value is -1.79. The monoisotopic (exact) mass is 276 g/mol. The average molecular weight is 276 g/mol. The fraction of sp³-hybridized carbons (Fsp3) is 0.500. The minimum atomic E-state index is -0.703. The van der Waals surface area contributed by atoms with Gasteiger partial charge in [0.15, 0.2) is 0 Å². The van der Waals surface area contributed by atoms with E-state index in [1.165, 1.54) is 0 Å². The number of anilines is 2. The number of fused-ring (bicyclic) bond motifs is 1. The molecule has 4 N–H and O–H groups in total. The number of aromatic amines is 1. The molecule has 6 nitrogen and oxygen atoms in total. The van der Waals surface area contributed by atoms with Crippen molar-refractivity contribution in [3.05, 3.63) is 18.2 Å². The van der Waals surface area contributed by atoms with E-state index in [4.69, 9.17) is 10.5 Å². The van der Waals surface area contributed by atoms with E-state index in [-0.39, 0.29) is 0 Å². The number of nitrogens with zero attached hydrogens (tertiary/aromatic N) is 2. The topological polar surface area (TPSA) is 87.4 Å². The number of ether oxygens (including phenoxy) is 1. The van der Waals surface area contributed by atoms with E-state index in [9.17, 15) is 5.11 Å². The van der Waals surface area contributed by atoms with Gasteiger partial charge in [0.25, 0.3) is 0 Å². The summed E-state index contributed by atoms with van der Waals surface area (Å²) in [4.78, 5) is 9.70. The van der Waals surface area contributed by atoms with Gasteiger partial charge < -0.3 is 25.5 Å². The Morgan fingerprint density at radius 1 is 1.45 bits per heavy atom. The first-order valence-electron chi connectivity index (χ1n) is 6.82. The van der Waals surface area contributed by atoms with E-state index in [2.05, 4.69) is 9.97 Å². The van der Waals surface area contributed by atoms with Crippen LogP contribution >= 0.6 is 0 Å². The van der Waals surface area contributed by atoms with Gasteiger partial charge in [-0.3, -0.25) is 0 Å². The summed E-state index contributed by atoms with van der Waals surface area (Å²) in [5.74, 6) is 0.741. The average Bonchev–Trinajstić information content (AvgIpc) is 2.82. The highest BCUT2D eigenvalue weighted by Gasteiger charge is 2.31. The highest BCUT2D eigenvalue weighted by atomic mass is 16.5. The van der Waals surface area contributed by atoms with Crippen molar-refractivity contribution in [2.45, 2.75) is 18.4 Å². The summed E-state index contributed by atoms with van der Waals surface area (Å²) in [6.45, 7) is 1.76. The smallest absolute Gasteiger partial charge is 0.203 e. The number of aliphatic hydroxyl groups is 1. The van der Waals surface area contributed by atoms with Crippen LogP contribution in [0.3, 0.4) is 0 Å². The zero-order valence-corrected chi connectivity index (χ0v) is 11.6. The summed E-state index contributed by atoms with van der Waals surface area (Å²) in [5.41, 5.74) is 7.55. The molecule has 2 heterocycles. The van der Waals surface area contributed by atoms with Gasteiger partial charge in [0.1, 0.15) is 0 Å². The van der Waals surface area contributed by atoms with Crippen LogP contribution in [0, 0.1) is 0 Å². The number of aromatic nitrogens is 2. The molecule has 1 aromatic heterocycles. The molecular weight excluding hydrogens is 256 g/mol. The fourth-order valence-corrected chi connectivity index (χ4v) is 2.62. The molecule has 0 spiro atoms. The lowest BCUT2D eigenvalue weighted by Gasteiger charge is -2.35. The van der Waals surface area contributed by atoms with Gasteiger partial charge in [0.05, 0.1) is 16.6 Å². The number of nitrogens with two attached hydrogens (primary N) is 1. The number of imidazole rings is 1. The zero-order chi connectivity index (χ0) is 14.2. The van der Waals surface area contributed by atoms with Crippen molar-refractivity contribution >= 4 is 22.7 Å². The first-order valence-corrected chi connectivity index (χ1v) is 6.82. The second-order valence-corrected chi connectivity index (χ2v) is 5.53. The summed E-state index contributed by atoms with van der Waals surface area (Å²) in [6, 6.07) is 5.59. The maximum atomic E-state index is 10.5. The molecule has 3 rings (SSSR count). The van der Waals surface area contributed by atoms with Crippen LogP contribution < -0.4 is 10.6 Å². The molecule has 0 aliphatic carbocycles. The third-order valence-corrected chi connectivity index (χ3v) is 3.81. The Morgan fingerprint density at radius 3 is 2.95 bits per heavy atom. The maximum Gasteiger partial charge on any atom is 0.203 e. The fourth-order valence-electron chi connectivity index (χ4n) is 2.62. The van der Waals surface area contributed by atoms with E-state index >= 15 is 0 Å². The first-order chi connectivity index (χ1) is 9.56. The van der Waals surface area contributed by atoms with Crippen LogP contribution in [0.25, 0.3) is 11.0 Å². The Balaban J connectivity index is 1.79. The molecule has 1 saturated heterocycles. The van der Waals surface area contributed by atoms with Crippen molar-refractivity contribution in [1.29, 1.82) is 0 Å². The van der Waals surface area contributed by atoms with Crippen LogP contribution in [-0.2, 0) is 4.74 Å². The van der Waals surface area contributed by atoms with Gasteiger partial charge in [0.2, 0.25) is 5.95 Å². The van der Waals surface area contributed by atoms with Gasteiger partial charge in [-0.15, -0.1) is 0 Å². The number of nitrogens with one attached hydrogen (secondary N) is 1. The Labute approximate surface area is 117 Å². The number of rotatable bonds is 3. The molecule has 1 aliphatic rings. The van der Waals surface area contributed by atoms with E-state index < -0.39 is 5.60 Å². The maximum absolute atomic E-state index is 10.5. The van der Waals surface area contributed by atoms with Crippen LogP contribution in [0.4, 0.5) is 11.6 Å². The molecule has 0 amide bonds. The molecule has 0 atom stereocenters. The van der Waals surface area contributed by atoms with Gasteiger partial charge in [-0.1, -0.05) is 0 Å². The summed E-state index contributed by atoms with van der Waals surface area (Å²) in [7, 11) is 1.93. The van der Waals surface area contributed by atoms with Crippen molar-refractivity contribution in [2.24, 2.45) is 0 Å². The summed E-state index contributed by atoms with van der Waals surface area (Å²) < 4.78 is 5.30. The molecule has 0 bridgehead atoms. The highest BCUT2D eigenvalue weighted by Crippen LogP contribution is 2.24. The first kappa shape index (κ1) is 13.2. The molecule has 0 saturated carbocycles. The lowest BCUT2D eigenvalue weighted by molar-refractivity contribution is -0.0573. The third-order valence-electron chi connectivity index (χ3n) is 3.81. The lowest BCUT2D eigenvalue weighted by Crippen LogP contribution is -2.46. The van der Waals surface area contributed by atoms with Crippen molar-refractivity contribution in [1.82, 2.24) is 9.97 Å². The minimum absolute atomic E-state index is 0.533. The van der Waals surface area contributed by atoms with E-state index in [1.54, 1.807) is 0 Å². The standard InChI is InChI=1S/C14H20N4O2/c1-18(9-14(19)4-6-20-7-5-14)13-16-11-3-2-10(15)8-12(11)17-13/h2-3,8,19H,4-7,9,15H2,1H3,(H,16,17). The van der Waals surface area contributed by atoms with Crippen LogP contribution in [0.15, 0.2) is 18.2 Å². The predicted molar refractivity (Wildman–Crippen MR) is 78.8 cm³/mol. The van der Waals surface area contributed by atoms with Crippen LogP contribution in [0.1, 0.15) is 12.8 Å². The molecule has 0 unspecified atom stereocenters. The van der Waals surface area contributed by atoms with Crippen molar-refractivity contribution in [3.63, 3.8) is 0 Å². The zero-order valence-electron chi connectivity index (χ0n) is 11.6. The van der Waals surface area contributed by atoms with E-state index in [1.807, 2.05) is 30.1 Å². The second-order valence-electron chi connectivity index (χ2n) is 5.53. The number of H-pyrrole nitrogens is 1. The van der Waals surface area contributed by atoms with Gasteiger partial charge in [-0.2, -0.15) is 0 Å². The SMILES string of the molecule is CN(CC1(O)CCOCC1)c1nc2ccc(N)cc2[nH]1. The third kappa shape index (κ3) is 2.57. The van der Waals surface area contributed by atoms with Gasteiger partial charge >= 0.3 is 0 Å². The number of hydrogen-bond acceptors (Lipinski definition) is 5. The largest absolute Gasteiger partial charge is 0.399 e. The molecule has 6 heteroatoms. The van der Waals surface area contributed by atoms with Crippen LogP contribution in [0.5, 0.6) is 0 Å². The van der Waals surface area contributed by atoms with Crippen molar-refractivity contribution in [3.8, 4) is 0 Å².